The standard InChI is InChI=1S/C16H25NO2/c1-13-11-17(12-16(2,3)19-13)10-9-15(18)14-7-5-4-6-8-14/h4-8,13,15,18H,9-12H2,1-3H3. The molecule has 1 saturated heterocycles. The van der Waals surface area contributed by atoms with Gasteiger partial charge in [-0.25, -0.2) is 0 Å². The summed E-state index contributed by atoms with van der Waals surface area (Å²) >= 11 is 0. The predicted molar refractivity (Wildman–Crippen MR) is 77.1 cm³/mol. The van der Waals surface area contributed by atoms with Crippen LogP contribution in [0.3, 0.4) is 0 Å². The zero-order chi connectivity index (χ0) is 13.9. The second-order valence-corrected chi connectivity index (χ2v) is 6.14. The van der Waals surface area contributed by atoms with Gasteiger partial charge in [-0.3, -0.25) is 4.90 Å². The highest BCUT2D eigenvalue weighted by atomic mass is 16.5. The second-order valence-electron chi connectivity index (χ2n) is 6.14. The maximum atomic E-state index is 10.2. The summed E-state index contributed by atoms with van der Waals surface area (Å²) in [6, 6.07) is 9.88. The van der Waals surface area contributed by atoms with Crippen LogP contribution in [0.15, 0.2) is 30.3 Å². The Labute approximate surface area is 116 Å². The van der Waals surface area contributed by atoms with Crippen molar-refractivity contribution in [2.75, 3.05) is 19.6 Å². The molecule has 1 aromatic rings. The lowest BCUT2D eigenvalue weighted by molar-refractivity contribution is -0.130. The van der Waals surface area contributed by atoms with E-state index in [1.165, 1.54) is 0 Å². The average molecular weight is 263 g/mol. The van der Waals surface area contributed by atoms with Crippen LogP contribution in [0.25, 0.3) is 0 Å². The molecule has 1 heterocycles. The lowest BCUT2D eigenvalue weighted by Gasteiger charge is -2.42. The quantitative estimate of drug-likeness (QED) is 0.906. The smallest absolute Gasteiger partial charge is 0.0802 e. The number of morpholine rings is 1. The Bertz CT molecular complexity index is 391. The fourth-order valence-corrected chi connectivity index (χ4v) is 2.90. The van der Waals surface area contributed by atoms with E-state index in [0.29, 0.717) is 0 Å². The molecule has 1 fully saturated rings. The molecule has 3 heteroatoms. The molecule has 0 saturated carbocycles. The molecule has 106 valence electrons. The minimum atomic E-state index is -0.373. The predicted octanol–water partition coefficient (Wildman–Crippen LogP) is 2.61. The molecule has 0 bridgehead atoms. The maximum absolute atomic E-state index is 10.2. The Morgan fingerprint density at radius 1 is 1.37 bits per heavy atom. The summed E-state index contributed by atoms with van der Waals surface area (Å²) in [5.41, 5.74) is 0.915. The van der Waals surface area contributed by atoms with E-state index in [-0.39, 0.29) is 17.8 Å². The third-order valence-corrected chi connectivity index (χ3v) is 3.54. The number of ether oxygens (including phenoxy) is 1. The molecule has 2 rings (SSSR count). The molecular formula is C16H25NO2. The number of hydrogen-bond acceptors (Lipinski definition) is 3. The van der Waals surface area contributed by atoms with Gasteiger partial charge in [-0.2, -0.15) is 0 Å². The highest BCUT2D eigenvalue weighted by Crippen LogP contribution is 2.22. The van der Waals surface area contributed by atoms with Crippen LogP contribution in [0.4, 0.5) is 0 Å². The van der Waals surface area contributed by atoms with Crippen LogP contribution in [0.5, 0.6) is 0 Å². The minimum absolute atomic E-state index is 0.0879. The van der Waals surface area contributed by atoms with Gasteiger partial charge in [-0.15, -0.1) is 0 Å². The van der Waals surface area contributed by atoms with Gasteiger partial charge in [0, 0.05) is 19.6 Å². The molecule has 2 unspecified atom stereocenters. The van der Waals surface area contributed by atoms with Crippen molar-refractivity contribution in [1.29, 1.82) is 0 Å². The molecule has 2 atom stereocenters. The first-order valence-corrected chi connectivity index (χ1v) is 7.09. The molecule has 0 aromatic heterocycles. The van der Waals surface area contributed by atoms with Gasteiger partial charge in [0.05, 0.1) is 17.8 Å². The van der Waals surface area contributed by atoms with Gasteiger partial charge in [-0.1, -0.05) is 30.3 Å². The largest absolute Gasteiger partial charge is 0.388 e. The highest BCUT2D eigenvalue weighted by Gasteiger charge is 2.31. The van der Waals surface area contributed by atoms with Crippen LogP contribution < -0.4 is 0 Å². The van der Waals surface area contributed by atoms with Crippen LogP contribution in [-0.4, -0.2) is 41.3 Å². The summed E-state index contributed by atoms with van der Waals surface area (Å²) in [5.74, 6) is 0. The van der Waals surface area contributed by atoms with Crippen molar-refractivity contribution in [3.63, 3.8) is 0 Å². The normalized spacial score (nSPS) is 25.2. The summed E-state index contributed by atoms with van der Waals surface area (Å²) in [6.45, 7) is 9.16. The van der Waals surface area contributed by atoms with Gasteiger partial charge in [0.2, 0.25) is 0 Å². The molecule has 1 aliphatic heterocycles. The zero-order valence-corrected chi connectivity index (χ0v) is 12.2. The lowest BCUT2D eigenvalue weighted by atomic mass is 10.0. The lowest BCUT2D eigenvalue weighted by Crippen LogP contribution is -2.52. The Kier molecular flexibility index (Phi) is 4.61. The third-order valence-electron chi connectivity index (χ3n) is 3.54. The Morgan fingerprint density at radius 2 is 2.05 bits per heavy atom. The molecule has 1 aromatic carbocycles. The van der Waals surface area contributed by atoms with Gasteiger partial charge in [0.15, 0.2) is 0 Å². The van der Waals surface area contributed by atoms with Gasteiger partial charge in [0.25, 0.3) is 0 Å². The average Bonchev–Trinajstić information content (AvgIpc) is 2.34. The molecule has 1 N–H and O–H groups in total. The number of aliphatic hydroxyl groups is 1. The molecule has 19 heavy (non-hydrogen) atoms. The Morgan fingerprint density at radius 3 is 2.68 bits per heavy atom. The van der Waals surface area contributed by atoms with E-state index in [1.807, 2.05) is 30.3 Å². The first-order valence-electron chi connectivity index (χ1n) is 7.09. The molecule has 3 nitrogen and oxygen atoms in total. The highest BCUT2D eigenvalue weighted by molar-refractivity contribution is 5.17. The van der Waals surface area contributed by atoms with Crippen molar-refractivity contribution in [2.45, 2.75) is 45.0 Å². The fraction of sp³-hybridized carbons (Fsp3) is 0.625. The van der Waals surface area contributed by atoms with Crippen molar-refractivity contribution >= 4 is 0 Å². The van der Waals surface area contributed by atoms with E-state index < -0.39 is 0 Å². The van der Waals surface area contributed by atoms with Crippen LogP contribution in [-0.2, 0) is 4.74 Å². The Hall–Kier alpha value is -0.900. The van der Waals surface area contributed by atoms with Crippen molar-refractivity contribution < 1.29 is 9.84 Å². The topological polar surface area (TPSA) is 32.7 Å². The van der Waals surface area contributed by atoms with Crippen LogP contribution in [0.2, 0.25) is 0 Å². The molecule has 0 spiro atoms. The molecule has 0 aliphatic carbocycles. The van der Waals surface area contributed by atoms with Crippen molar-refractivity contribution in [3.05, 3.63) is 35.9 Å². The van der Waals surface area contributed by atoms with E-state index in [0.717, 1.165) is 31.6 Å². The molecule has 0 amide bonds. The van der Waals surface area contributed by atoms with Crippen LogP contribution >= 0.6 is 0 Å². The zero-order valence-electron chi connectivity index (χ0n) is 12.2. The number of benzene rings is 1. The summed E-state index contributed by atoms with van der Waals surface area (Å²) < 4.78 is 5.89. The summed E-state index contributed by atoms with van der Waals surface area (Å²) in [6.07, 6.45) is 0.660. The first kappa shape index (κ1) is 14.5. The van der Waals surface area contributed by atoms with Crippen LogP contribution in [0.1, 0.15) is 38.9 Å². The van der Waals surface area contributed by atoms with E-state index in [1.54, 1.807) is 0 Å². The fourth-order valence-electron chi connectivity index (χ4n) is 2.90. The van der Waals surface area contributed by atoms with Gasteiger partial charge in [-0.05, 0) is 32.8 Å². The first-order chi connectivity index (χ1) is 8.96. The summed E-state index contributed by atoms with van der Waals surface area (Å²) in [5, 5.41) is 10.2. The van der Waals surface area contributed by atoms with E-state index >= 15 is 0 Å². The third kappa shape index (κ3) is 4.30. The SMILES string of the molecule is CC1CN(CCC(O)c2ccccc2)CC(C)(C)O1. The number of nitrogens with zero attached hydrogens (tertiary/aromatic N) is 1. The number of rotatable bonds is 4. The maximum Gasteiger partial charge on any atom is 0.0802 e. The molecular weight excluding hydrogens is 238 g/mol. The van der Waals surface area contributed by atoms with E-state index in [2.05, 4.69) is 25.7 Å². The van der Waals surface area contributed by atoms with Crippen molar-refractivity contribution in [3.8, 4) is 0 Å². The molecule has 1 aliphatic rings. The Balaban J connectivity index is 1.85. The van der Waals surface area contributed by atoms with Gasteiger partial charge < -0.3 is 9.84 Å². The van der Waals surface area contributed by atoms with Gasteiger partial charge >= 0.3 is 0 Å². The summed E-state index contributed by atoms with van der Waals surface area (Å²) in [7, 11) is 0. The van der Waals surface area contributed by atoms with Crippen molar-refractivity contribution in [1.82, 2.24) is 4.90 Å². The monoisotopic (exact) mass is 263 g/mol. The minimum Gasteiger partial charge on any atom is -0.388 e. The van der Waals surface area contributed by atoms with E-state index in [9.17, 15) is 5.11 Å². The number of hydrogen-bond donors (Lipinski definition) is 1. The molecule has 0 radical (unpaired) electrons. The second kappa shape index (κ2) is 6.04. The van der Waals surface area contributed by atoms with Crippen molar-refractivity contribution in [2.24, 2.45) is 0 Å². The van der Waals surface area contributed by atoms with Gasteiger partial charge in [0.1, 0.15) is 0 Å². The van der Waals surface area contributed by atoms with Crippen LogP contribution in [0, 0.1) is 0 Å². The summed E-state index contributed by atoms with van der Waals surface area (Å²) in [4.78, 5) is 2.39. The van der Waals surface area contributed by atoms with E-state index in [4.69, 9.17) is 4.74 Å². The number of aliphatic hydroxyl groups excluding tert-OH is 1.